The summed E-state index contributed by atoms with van der Waals surface area (Å²) in [5.74, 6) is 1.49. The van der Waals surface area contributed by atoms with Crippen molar-refractivity contribution in [2.75, 3.05) is 11.9 Å². The molecule has 0 bridgehead atoms. The molecule has 2 heterocycles. The molecule has 0 radical (unpaired) electrons. The molecule has 2 aromatic heterocycles. The second-order valence-electron chi connectivity index (χ2n) is 4.89. The molecule has 0 spiro atoms. The zero-order valence-electron chi connectivity index (χ0n) is 10.8. The van der Waals surface area contributed by atoms with Crippen LogP contribution in [-0.4, -0.2) is 31.5 Å². The summed E-state index contributed by atoms with van der Waals surface area (Å²) in [7, 11) is 0. The fraction of sp³-hybridized carbons (Fsp3) is 0.667. The van der Waals surface area contributed by atoms with Gasteiger partial charge < -0.3 is 5.32 Å². The maximum Gasteiger partial charge on any atom is 0.184 e. The van der Waals surface area contributed by atoms with Crippen LogP contribution in [0.5, 0.6) is 0 Å². The molecule has 1 N–H and O–H groups in total. The van der Waals surface area contributed by atoms with Gasteiger partial charge in [-0.25, -0.2) is 14.6 Å². The summed E-state index contributed by atoms with van der Waals surface area (Å²) in [5, 5.41) is 11.7. The fourth-order valence-corrected chi connectivity index (χ4v) is 2.46. The number of hydrogen-bond acceptors (Lipinski definition) is 5. The first-order chi connectivity index (χ1) is 8.81. The van der Waals surface area contributed by atoms with Crippen molar-refractivity contribution >= 4 is 17.0 Å². The molecule has 96 valence electrons. The highest BCUT2D eigenvalue weighted by Crippen LogP contribution is 2.36. The fourth-order valence-electron chi connectivity index (χ4n) is 2.46. The third kappa shape index (κ3) is 1.72. The van der Waals surface area contributed by atoms with E-state index in [0.717, 1.165) is 23.5 Å². The van der Waals surface area contributed by atoms with Crippen molar-refractivity contribution in [3.05, 3.63) is 6.33 Å². The molecule has 1 atom stereocenters. The third-order valence-corrected chi connectivity index (χ3v) is 3.82. The average Bonchev–Trinajstić information content (AvgIpc) is 2.71. The van der Waals surface area contributed by atoms with Gasteiger partial charge in [0, 0.05) is 6.54 Å². The Hall–Kier alpha value is -1.72. The van der Waals surface area contributed by atoms with Crippen molar-refractivity contribution in [2.24, 2.45) is 5.92 Å². The lowest BCUT2D eigenvalue weighted by Crippen LogP contribution is -2.23. The van der Waals surface area contributed by atoms with E-state index in [0.29, 0.717) is 12.0 Å². The Balaban J connectivity index is 2.00. The van der Waals surface area contributed by atoms with Gasteiger partial charge in [-0.1, -0.05) is 11.6 Å². The molecule has 18 heavy (non-hydrogen) atoms. The van der Waals surface area contributed by atoms with Crippen molar-refractivity contribution in [1.82, 2.24) is 25.0 Å². The molecule has 0 amide bonds. The predicted octanol–water partition coefficient (Wildman–Crippen LogP) is 2.01. The summed E-state index contributed by atoms with van der Waals surface area (Å²) >= 11 is 0. The van der Waals surface area contributed by atoms with Gasteiger partial charge in [-0.15, -0.1) is 5.10 Å². The standard InChI is InChI=1S/C12H18N6/c1-3-13-11-10-12(15-7-14-11)18(17-16-10)8(2)9-5-4-6-9/h7-9H,3-6H2,1-2H3,(H,13,14,15). The normalized spacial score (nSPS) is 17.7. The van der Waals surface area contributed by atoms with Crippen molar-refractivity contribution in [1.29, 1.82) is 0 Å². The minimum atomic E-state index is 0.369. The van der Waals surface area contributed by atoms with Crippen molar-refractivity contribution in [3.8, 4) is 0 Å². The van der Waals surface area contributed by atoms with Crippen LogP contribution in [0.15, 0.2) is 6.33 Å². The van der Waals surface area contributed by atoms with Crippen molar-refractivity contribution in [3.63, 3.8) is 0 Å². The van der Waals surface area contributed by atoms with E-state index in [-0.39, 0.29) is 0 Å². The van der Waals surface area contributed by atoms with Gasteiger partial charge in [0.2, 0.25) is 0 Å². The SMILES string of the molecule is CCNc1ncnc2c1nnn2C(C)C1CCC1. The Labute approximate surface area is 106 Å². The molecule has 1 aliphatic rings. The molecule has 0 aliphatic heterocycles. The van der Waals surface area contributed by atoms with Crippen LogP contribution in [0.1, 0.15) is 39.2 Å². The number of nitrogens with one attached hydrogen (secondary N) is 1. The predicted molar refractivity (Wildman–Crippen MR) is 69.3 cm³/mol. The van der Waals surface area contributed by atoms with Gasteiger partial charge >= 0.3 is 0 Å². The molecular formula is C12H18N6. The Bertz CT molecular complexity index is 544. The Morgan fingerprint density at radius 1 is 1.44 bits per heavy atom. The van der Waals surface area contributed by atoms with Crippen LogP contribution in [0.25, 0.3) is 11.2 Å². The third-order valence-electron chi connectivity index (χ3n) is 3.82. The lowest BCUT2D eigenvalue weighted by molar-refractivity contribution is 0.212. The first kappa shape index (κ1) is 11.4. The Morgan fingerprint density at radius 2 is 2.28 bits per heavy atom. The largest absolute Gasteiger partial charge is 0.368 e. The van der Waals surface area contributed by atoms with Crippen LogP contribution in [0.2, 0.25) is 0 Å². The van der Waals surface area contributed by atoms with Gasteiger partial charge in [-0.2, -0.15) is 0 Å². The molecule has 0 aromatic carbocycles. The van der Waals surface area contributed by atoms with Crippen LogP contribution >= 0.6 is 0 Å². The lowest BCUT2D eigenvalue weighted by Gasteiger charge is -2.31. The van der Waals surface area contributed by atoms with E-state index in [1.165, 1.54) is 19.3 Å². The van der Waals surface area contributed by atoms with Gasteiger partial charge in [-0.05, 0) is 32.6 Å². The van der Waals surface area contributed by atoms with Gasteiger partial charge in [0.1, 0.15) is 6.33 Å². The highest BCUT2D eigenvalue weighted by molar-refractivity contribution is 5.81. The zero-order valence-corrected chi connectivity index (χ0v) is 10.8. The molecule has 1 saturated carbocycles. The number of aromatic nitrogens is 5. The summed E-state index contributed by atoms with van der Waals surface area (Å²) in [5.41, 5.74) is 1.60. The van der Waals surface area contributed by atoms with Crippen LogP contribution in [0.3, 0.4) is 0 Å². The van der Waals surface area contributed by atoms with Crippen LogP contribution in [0, 0.1) is 5.92 Å². The summed E-state index contributed by atoms with van der Waals surface area (Å²) in [6, 6.07) is 0.369. The lowest BCUT2D eigenvalue weighted by atomic mass is 9.80. The summed E-state index contributed by atoms with van der Waals surface area (Å²) in [6.07, 6.45) is 5.48. The molecule has 1 aliphatic carbocycles. The minimum Gasteiger partial charge on any atom is -0.368 e. The zero-order chi connectivity index (χ0) is 12.5. The number of nitrogens with zero attached hydrogens (tertiary/aromatic N) is 5. The summed E-state index contributed by atoms with van der Waals surface area (Å²) < 4.78 is 1.95. The Kier molecular flexibility index (Phi) is 2.85. The molecule has 3 rings (SSSR count). The topological polar surface area (TPSA) is 68.5 Å². The quantitative estimate of drug-likeness (QED) is 0.893. The van der Waals surface area contributed by atoms with E-state index in [1.54, 1.807) is 6.33 Å². The second-order valence-corrected chi connectivity index (χ2v) is 4.89. The van der Waals surface area contributed by atoms with Crippen LogP contribution in [-0.2, 0) is 0 Å². The number of hydrogen-bond donors (Lipinski definition) is 1. The second kappa shape index (κ2) is 4.51. The maximum absolute atomic E-state index is 4.33. The summed E-state index contributed by atoms with van der Waals surface area (Å²) in [6.45, 7) is 5.06. The van der Waals surface area contributed by atoms with Gasteiger partial charge in [0.15, 0.2) is 17.0 Å². The number of rotatable bonds is 4. The molecular weight excluding hydrogens is 228 g/mol. The van der Waals surface area contributed by atoms with Crippen LogP contribution < -0.4 is 5.32 Å². The first-order valence-corrected chi connectivity index (χ1v) is 6.61. The van der Waals surface area contributed by atoms with Gasteiger partial charge in [0.05, 0.1) is 6.04 Å². The van der Waals surface area contributed by atoms with Crippen molar-refractivity contribution < 1.29 is 0 Å². The van der Waals surface area contributed by atoms with Crippen molar-refractivity contribution in [2.45, 2.75) is 39.2 Å². The average molecular weight is 246 g/mol. The molecule has 6 nitrogen and oxygen atoms in total. The Morgan fingerprint density at radius 3 is 2.94 bits per heavy atom. The first-order valence-electron chi connectivity index (χ1n) is 6.61. The van der Waals surface area contributed by atoms with E-state index in [4.69, 9.17) is 0 Å². The number of fused-ring (bicyclic) bond motifs is 1. The van der Waals surface area contributed by atoms with Gasteiger partial charge in [-0.3, -0.25) is 0 Å². The summed E-state index contributed by atoms with van der Waals surface area (Å²) in [4.78, 5) is 8.54. The van der Waals surface area contributed by atoms with Crippen LogP contribution in [0.4, 0.5) is 5.82 Å². The van der Waals surface area contributed by atoms with E-state index in [2.05, 4.69) is 32.5 Å². The molecule has 0 saturated heterocycles. The van der Waals surface area contributed by atoms with E-state index < -0.39 is 0 Å². The molecule has 2 aromatic rings. The minimum absolute atomic E-state index is 0.369. The molecule has 6 heteroatoms. The smallest absolute Gasteiger partial charge is 0.184 e. The molecule has 1 fully saturated rings. The number of anilines is 1. The van der Waals surface area contributed by atoms with Gasteiger partial charge in [0.25, 0.3) is 0 Å². The van der Waals surface area contributed by atoms with E-state index in [9.17, 15) is 0 Å². The highest BCUT2D eigenvalue weighted by Gasteiger charge is 2.27. The van der Waals surface area contributed by atoms with E-state index >= 15 is 0 Å². The molecule has 1 unspecified atom stereocenters. The monoisotopic (exact) mass is 246 g/mol. The maximum atomic E-state index is 4.33. The van der Waals surface area contributed by atoms with E-state index in [1.807, 2.05) is 11.6 Å². The highest BCUT2D eigenvalue weighted by atomic mass is 15.5.